The molecule has 0 aromatic heterocycles. The Hall–Kier alpha value is -0.203. The van der Waals surface area contributed by atoms with Crippen LogP contribution in [0, 0.1) is 0 Å². The van der Waals surface area contributed by atoms with Crippen LogP contribution in [0.25, 0.3) is 0 Å². The third kappa shape index (κ3) is 5.17. The Morgan fingerprint density at radius 3 is 2.18 bits per heavy atom. The molecule has 0 aromatic carbocycles. The minimum atomic E-state index is -1.83. The van der Waals surface area contributed by atoms with Crippen LogP contribution < -0.4 is 0 Å². The van der Waals surface area contributed by atoms with Gasteiger partial charge in [0.05, 0.1) is 6.10 Å². The van der Waals surface area contributed by atoms with Crippen molar-refractivity contribution in [2.24, 2.45) is 0 Å². The second-order valence-corrected chi connectivity index (χ2v) is 13.8. The second kappa shape index (κ2) is 6.73. The van der Waals surface area contributed by atoms with Gasteiger partial charge in [-0.1, -0.05) is 20.8 Å². The molecule has 0 spiro atoms. The number of hydrogen-bond donors (Lipinski definition) is 1. The summed E-state index contributed by atoms with van der Waals surface area (Å²) in [6, 6.07) is 0.0907. The van der Waals surface area contributed by atoms with E-state index in [-0.39, 0.29) is 23.3 Å². The molecule has 6 heteroatoms. The fourth-order valence-electron chi connectivity index (χ4n) is 2.27. The number of likely N-dealkylation sites (tertiary alicyclic amines) is 1. The topological polar surface area (TPSA) is 38.8 Å². The van der Waals surface area contributed by atoms with E-state index < -0.39 is 13.9 Å². The van der Waals surface area contributed by atoms with E-state index in [0.29, 0.717) is 12.3 Å². The van der Waals surface area contributed by atoms with Gasteiger partial charge in [-0.3, -0.25) is 0 Å². The SMILES string of the molecule is CC(C)(C)OC(=O)N1C[C@H](O[Si](C)(C)C(C)(C)C)C[C@H]1CS. The number of hydrogen-bond acceptors (Lipinski definition) is 4. The van der Waals surface area contributed by atoms with E-state index in [1.54, 1.807) is 4.90 Å². The Labute approximate surface area is 142 Å². The van der Waals surface area contributed by atoms with Gasteiger partial charge in [0.25, 0.3) is 0 Å². The van der Waals surface area contributed by atoms with E-state index in [1.165, 1.54) is 0 Å². The summed E-state index contributed by atoms with van der Waals surface area (Å²) in [7, 11) is -1.83. The largest absolute Gasteiger partial charge is 0.444 e. The van der Waals surface area contributed by atoms with E-state index in [2.05, 4.69) is 46.5 Å². The average molecular weight is 348 g/mol. The third-order valence-corrected chi connectivity index (χ3v) is 9.44. The van der Waals surface area contributed by atoms with Gasteiger partial charge in [-0.05, 0) is 45.3 Å². The molecule has 0 saturated carbocycles. The molecule has 1 aliphatic heterocycles. The molecule has 0 unspecified atom stereocenters. The number of rotatable bonds is 3. The molecule has 1 fully saturated rings. The van der Waals surface area contributed by atoms with E-state index in [9.17, 15) is 4.79 Å². The summed E-state index contributed by atoms with van der Waals surface area (Å²) < 4.78 is 12.0. The molecule has 130 valence electrons. The van der Waals surface area contributed by atoms with Crippen LogP contribution in [-0.2, 0) is 9.16 Å². The number of carbonyl (C=O) groups is 1. The van der Waals surface area contributed by atoms with Crippen molar-refractivity contribution in [2.45, 2.75) is 83.8 Å². The van der Waals surface area contributed by atoms with E-state index in [4.69, 9.17) is 9.16 Å². The van der Waals surface area contributed by atoms with Crippen molar-refractivity contribution in [3.8, 4) is 0 Å². The molecular formula is C16H33NO3SSi. The Morgan fingerprint density at radius 2 is 1.77 bits per heavy atom. The zero-order valence-corrected chi connectivity index (χ0v) is 17.3. The number of carbonyl (C=O) groups excluding carboxylic acids is 1. The Kier molecular flexibility index (Phi) is 6.07. The molecule has 2 atom stereocenters. The summed E-state index contributed by atoms with van der Waals surface area (Å²) in [6.45, 7) is 17.5. The zero-order valence-electron chi connectivity index (χ0n) is 15.4. The molecule has 4 nitrogen and oxygen atoms in total. The van der Waals surface area contributed by atoms with Gasteiger partial charge in [0.1, 0.15) is 5.60 Å². The molecule has 1 saturated heterocycles. The number of ether oxygens (including phenoxy) is 1. The van der Waals surface area contributed by atoms with Crippen molar-refractivity contribution >= 4 is 27.0 Å². The Balaban J connectivity index is 2.75. The van der Waals surface area contributed by atoms with Crippen LogP contribution in [-0.4, -0.2) is 49.4 Å². The smallest absolute Gasteiger partial charge is 0.410 e. The molecular weight excluding hydrogens is 314 g/mol. The fourth-order valence-corrected chi connectivity index (χ4v) is 3.97. The van der Waals surface area contributed by atoms with Crippen molar-refractivity contribution in [1.29, 1.82) is 0 Å². The van der Waals surface area contributed by atoms with Gasteiger partial charge >= 0.3 is 6.09 Å². The molecule has 0 bridgehead atoms. The maximum atomic E-state index is 12.4. The normalized spacial score (nSPS) is 23.8. The molecule has 1 heterocycles. The highest BCUT2D eigenvalue weighted by Crippen LogP contribution is 2.39. The van der Waals surface area contributed by atoms with E-state index in [1.807, 2.05) is 20.8 Å². The molecule has 1 aliphatic rings. The third-order valence-electron chi connectivity index (χ3n) is 4.48. The van der Waals surface area contributed by atoms with Crippen LogP contribution in [0.15, 0.2) is 0 Å². The van der Waals surface area contributed by atoms with Crippen LogP contribution in [0.5, 0.6) is 0 Å². The number of thiol groups is 1. The predicted octanol–water partition coefficient (Wildman–Crippen LogP) is 4.32. The van der Waals surface area contributed by atoms with E-state index >= 15 is 0 Å². The molecule has 0 radical (unpaired) electrons. The lowest BCUT2D eigenvalue weighted by molar-refractivity contribution is 0.0225. The molecule has 0 aromatic rings. The van der Waals surface area contributed by atoms with Gasteiger partial charge in [-0.25, -0.2) is 4.79 Å². The first kappa shape index (κ1) is 19.8. The van der Waals surface area contributed by atoms with Gasteiger partial charge in [-0.15, -0.1) is 0 Å². The quantitative estimate of drug-likeness (QED) is 0.610. The first-order valence-corrected chi connectivity index (χ1v) is 11.6. The predicted molar refractivity (Wildman–Crippen MR) is 97.3 cm³/mol. The minimum Gasteiger partial charge on any atom is -0.444 e. The first-order valence-electron chi connectivity index (χ1n) is 8.05. The summed E-state index contributed by atoms with van der Waals surface area (Å²) in [5, 5.41) is 0.169. The number of amides is 1. The Bertz CT molecular complexity index is 401. The average Bonchev–Trinajstić information content (AvgIpc) is 2.67. The highest BCUT2D eigenvalue weighted by Gasteiger charge is 2.44. The monoisotopic (exact) mass is 347 g/mol. The van der Waals surface area contributed by atoms with E-state index in [0.717, 1.165) is 6.42 Å². The lowest BCUT2D eigenvalue weighted by Crippen LogP contribution is -2.45. The minimum absolute atomic E-state index is 0.0885. The molecule has 1 amide bonds. The lowest BCUT2D eigenvalue weighted by Gasteiger charge is -2.38. The van der Waals surface area contributed by atoms with Crippen molar-refractivity contribution < 1.29 is 14.0 Å². The van der Waals surface area contributed by atoms with Gasteiger partial charge in [0.15, 0.2) is 8.32 Å². The van der Waals surface area contributed by atoms with Crippen LogP contribution in [0.3, 0.4) is 0 Å². The summed E-state index contributed by atoms with van der Waals surface area (Å²) in [6.07, 6.45) is 0.674. The van der Waals surface area contributed by atoms with Crippen LogP contribution >= 0.6 is 12.6 Å². The Morgan fingerprint density at radius 1 is 1.23 bits per heavy atom. The molecule has 1 rings (SSSR count). The molecule has 0 aliphatic carbocycles. The standard InChI is InChI=1S/C16H33NO3SSi/c1-15(2,3)19-14(18)17-10-13(9-12(17)11-21)20-22(7,8)16(4,5)6/h12-13,21H,9-11H2,1-8H3/t12-,13+/m0/s1. The van der Waals surface area contributed by atoms with Gasteiger partial charge < -0.3 is 14.1 Å². The maximum Gasteiger partial charge on any atom is 0.410 e. The lowest BCUT2D eigenvalue weighted by atomic mass is 10.2. The van der Waals surface area contributed by atoms with Crippen LogP contribution in [0.4, 0.5) is 4.79 Å². The highest BCUT2D eigenvalue weighted by molar-refractivity contribution is 7.80. The summed E-state index contributed by atoms with van der Waals surface area (Å²) >= 11 is 4.40. The van der Waals surface area contributed by atoms with Crippen molar-refractivity contribution in [3.05, 3.63) is 0 Å². The molecule has 0 N–H and O–H groups in total. The van der Waals surface area contributed by atoms with Gasteiger partial charge in [0.2, 0.25) is 0 Å². The van der Waals surface area contributed by atoms with Crippen molar-refractivity contribution in [3.63, 3.8) is 0 Å². The zero-order chi connectivity index (χ0) is 17.3. The summed E-state index contributed by atoms with van der Waals surface area (Å²) in [5.41, 5.74) is -0.476. The summed E-state index contributed by atoms with van der Waals surface area (Å²) in [5.74, 6) is 0.636. The second-order valence-electron chi connectivity index (χ2n) is 8.70. The maximum absolute atomic E-state index is 12.4. The van der Waals surface area contributed by atoms with Crippen molar-refractivity contribution in [1.82, 2.24) is 4.90 Å². The van der Waals surface area contributed by atoms with Crippen molar-refractivity contribution in [2.75, 3.05) is 12.3 Å². The van der Waals surface area contributed by atoms with Crippen LogP contribution in [0.1, 0.15) is 48.0 Å². The fraction of sp³-hybridized carbons (Fsp3) is 0.938. The first-order chi connectivity index (χ1) is 9.77. The summed E-state index contributed by atoms with van der Waals surface area (Å²) in [4.78, 5) is 14.2. The number of nitrogens with zero attached hydrogens (tertiary/aromatic N) is 1. The highest BCUT2D eigenvalue weighted by atomic mass is 32.1. The van der Waals surface area contributed by atoms with Gasteiger partial charge in [0, 0.05) is 18.3 Å². The molecule has 22 heavy (non-hydrogen) atoms. The van der Waals surface area contributed by atoms with Crippen LogP contribution in [0.2, 0.25) is 18.1 Å². The van der Waals surface area contributed by atoms with Gasteiger partial charge in [-0.2, -0.15) is 12.6 Å².